The van der Waals surface area contributed by atoms with Gasteiger partial charge in [0, 0.05) is 51.4 Å². The molecule has 4 aromatic rings. The van der Waals surface area contributed by atoms with Crippen LogP contribution in [-0.4, -0.2) is 102 Å². The number of carbonyl (C=O) groups excluding carboxylic acids is 1. The first kappa shape index (κ1) is 39.3. The Morgan fingerprint density at radius 3 is 2.13 bits per heavy atom. The van der Waals surface area contributed by atoms with Gasteiger partial charge in [0.15, 0.2) is 0 Å². The van der Waals surface area contributed by atoms with E-state index in [1.54, 1.807) is 31.4 Å². The van der Waals surface area contributed by atoms with Crippen LogP contribution < -0.4 is 0 Å². The van der Waals surface area contributed by atoms with Crippen molar-refractivity contribution in [3.05, 3.63) is 101 Å². The Balaban J connectivity index is 0.000000310. The molecule has 52 heavy (non-hydrogen) atoms. The van der Waals surface area contributed by atoms with Gasteiger partial charge in [-0.25, -0.2) is 9.97 Å². The van der Waals surface area contributed by atoms with Crippen LogP contribution in [0.4, 0.5) is 13.2 Å². The maximum Gasteiger partial charge on any atom is 0.416 e. The largest absolute Gasteiger partial charge is 0.416 e. The van der Waals surface area contributed by atoms with E-state index < -0.39 is 21.9 Å². The number of piperidine rings is 1. The molecule has 2 atom stereocenters. The number of likely N-dealkylation sites (tertiary alicyclic amines) is 1. The van der Waals surface area contributed by atoms with Gasteiger partial charge in [-0.05, 0) is 81.1 Å². The molecule has 10 nitrogen and oxygen atoms in total. The third-order valence-electron chi connectivity index (χ3n) is 10.4. The van der Waals surface area contributed by atoms with Crippen LogP contribution in [-0.2, 0) is 21.0 Å². The average molecular weight is 742 g/mol. The van der Waals surface area contributed by atoms with Crippen LogP contribution in [0.1, 0.15) is 65.6 Å². The summed E-state index contributed by atoms with van der Waals surface area (Å²) in [5.74, 6) is -0.000198. The number of ether oxygens (including phenoxy) is 1. The SMILES string of the molecule is COC[C@@H](c1ccc(C(F)(F)F)cc1)N1CCN(C2(C)CCN(C(=O)c3c(C)ncnc3C)CC2)C[C@@H]1C.O=S(=O)(O)c1ccc2ccccc2c1. The number of halogens is 3. The lowest BCUT2D eigenvalue weighted by molar-refractivity contribution is -0.137. The first-order chi connectivity index (χ1) is 24.5. The van der Waals surface area contributed by atoms with E-state index in [0.29, 0.717) is 36.6 Å². The average Bonchev–Trinajstić information content (AvgIpc) is 3.10. The molecule has 0 saturated carbocycles. The number of fused-ring (bicyclic) bond motifs is 1. The maximum atomic E-state index is 13.2. The summed E-state index contributed by atoms with van der Waals surface area (Å²) in [5, 5.41) is 1.74. The lowest BCUT2D eigenvalue weighted by Gasteiger charge is -2.52. The van der Waals surface area contributed by atoms with Crippen molar-refractivity contribution in [3.63, 3.8) is 0 Å². The topological polar surface area (TPSA) is 116 Å². The smallest absolute Gasteiger partial charge is 0.383 e. The number of methoxy groups -OCH3 is 1. The summed E-state index contributed by atoms with van der Waals surface area (Å²) in [4.78, 5) is 28.3. The molecule has 0 radical (unpaired) electrons. The van der Waals surface area contributed by atoms with Gasteiger partial charge in [-0.3, -0.25) is 19.1 Å². The third kappa shape index (κ3) is 8.97. The van der Waals surface area contributed by atoms with Gasteiger partial charge < -0.3 is 9.64 Å². The highest BCUT2D eigenvalue weighted by molar-refractivity contribution is 7.85. The molecule has 1 amide bonds. The van der Waals surface area contributed by atoms with Gasteiger partial charge >= 0.3 is 6.18 Å². The molecule has 14 heteroatoms. The van der Waals surface area contributed by atoms with Crippen LogP contribution >= 0.6 is 0 Å². The lowest BCUT2D eigenvalue weighted by atomic mass is 9.86. The Morgan fingerprint density at radius 1 is 0.962 bits per heavy atom. The number of aryl methyl sites for hydroxylation is 2. The monoisotopic (exact) mass is 741 g/mol. The van der Waals surface area contributed by atoms with Crippen LogP contribution in [0.3, 0.4) is 0 Å². The number of piperazine rings is 1. The molecular formula is C38H46F3N5O5S. The molecule has 3 heterocycles. The van der Waals surface area contributed by atoms with Crippen molar-refractivity contribution >= 4 is 26.8 Å². The zero-order valence-corrected chi connectivity index (χ0v) is 30.9. The Morgan fingerprint density at radius 2 is 1.58 bits per heavy atom. The summed E-state index contributed by atoms with van der Waals surface area (Å²) in [5.41, 5.74) is 2.18. The van der Waals surface area contributed by atoms with Crippen molar-refractivity contribution in [2.24, 2.45) is 0 Å². The number of rotatable bonds is 7. The van der Waals surface area contributed by atoms with Gasteiger partial charge in [0.1, 0.15) is 6.33 Å². The molecule has 2 fully saturated rings. The highest BCUT2D eigenvalue weighted by Gasteiger charge is 2.41. The fraction of sp³-hybridized carbons (Fsp3) is 0.447. The molecule has 0 aliphatic carbocycles. The molecule has 1 aromatic heterocycles. The normalized spacial score (nSPS) is 19.2. The van der Waals surface area contributed by atoms with Gasteiger partial charge in [-0.15, -0.1) is 0 Å². The number of amides is 1. The number of benzene rings is 3. The van der Waals surface area contributed by atoms with E-state index in [4.69, 9.17) is 9.29 Å². The van der Waals surface area contributed by atoms with Crippen molar-refractivity contribution in [3.8, 4) is 0 Å². The van der Waals surface area contributed by atoms with E-state index in [0.717, 1.165) is 60.9 Å². The summed E-state index contributed by atoms with van der Waals surface area (Å²) in [7, 11) is -2.47. The molecule has 1 N–H and O–H groups in total. The van der Waals surface area contributed by atoms with Crippen molar-refractivity contribution < 1.29 is 35.7 Å². The summed E-state index contributed by atoms with van der Waals surface area (Å²) >= 11 is 0. The standard InChI is InChI=1S/C28H38F3N5O2.C10H8O3S/c1-19-16-35(14-15-36(19)24(17-38-5)22-6-8-23(9-7-22)28(29,30)31)27(4)10-12-34(13-11-27)26(37)25-20(2)32-18-33-21(25)3;11-14(12,13)10-6-5-8-3-1-2-4-9(8)7-10/h6-9,18-19,24H,10-17H2,1-5H3;1-7H,(H,11,12,13)/t19-,24-;/m0./s1. The third-order valence-corrected chi connectivity index (χ3v) is 11.2. The van der Waals surface area contributed by atoms with E-state index in [9.17, 15) is 26.4 Å². The highest BCUT2D eigenvalue weighted by atomic mass is 32.2. The van der Waals surface area contributed by atoms with E-state index in [1.807, 2.05) is 36.9 Å². The van der Waals surface area contributed by atoms with Gasteiger partial charge in [-0.2, -0.15) is 21.6 Å². The van der Waals surface area contributed by atoms with Crippen LogP contribution in [0.25, 0.3) is 10.8 Å². The van der Waals surface area contributed by atoms with Gasteiger partial charge in [0.25, 0.3) is 16.0 Å². The fourth-order valence-corrected chi connectivity index (χ4v) is 7.77. The molecule has 0 unspecified atom stereocenters. The number of alkyl halides is 3. The summed E-state index contributed by atoms with van der Waals surface area (Å²) in [6.07, 6.45) is -1.12. The van der Waals surface area contributed by atoms with Crippen LogP contribution in [0.2, 0.25) is 0 Å². The molecule has 0 bridgehead atoms. The second-order valence-corrected chi connectivity index (χ2v) is 15.2. The number of carbonyl (C=O) groups is 1. The van der Waals surface area contributed by atoms with E-state index in [-0.39, 0.29) is 28.4 Å². The minimum absolute atomic E-state index is 0.000198. The van der Waals surface area contributed by atoms with Crippen LogP contribution in [0, 0.1) is 13.8 Å². The highest BCUT2D eigenvalue weighted by Crippen LogP contribution is 2.35. The first-order valence-corrected chi connectivity index (χ1v) is 18.7. The van der Waals surface area contributed by atoms with E-state index in [2.05, 4.69) is 33.6 Å². The van der Waals surface area contributed by atoms with Crippen LogP contribution in [0.15, 0.2) is 78.0 Å². The fourth-order valence-electron chi connectivity index (χ4n) is 7.26. The molecule has 2 saturated heterocycles. The minimum Gasteiger partial charge on any atom is -0.383 e. The minimum atomic E-state index is -4.35. The molecule has 2 aliphatic rings. The number of nitrogens with zero attached hydrogens (tertiary/aromatic N) is 5. The van der Waals surface area contributed by atoms with Crippen molar-refractivity contribution in [2.75, 3.05) is 46.4 Å². The Labute approximate surface area is 303 Å². The second-order valence-electron chi connectivity index (χ2n) is 13.8. The predicted octanol–water partition coefficient (Wildman–Crippen LogP) is 6.59. The quantitative estimate of drug-likeness (QED) is 0.210. The number of hydrogen-bond donors (Lipinski definition) is 1. The molecule has 280 valence electrons. The van der Waals surface area contributed by atoms with Crippen molar-refractivity contribution in [1.29, 1.82) is 0 Å². The summed E-state index contributed by atoms with van der Waals surface area (Å²) < 4.78 is 75.2. The summed E-state index contributed by atoms with van der Waals surface area (Å²) in [6.45, 7) is 12.4. The summed E-state index contributed by atoms with van der Waals surface area (Å²) in [6, 6.07) is 17.4. The molecule has 3 aromatic carbocycles. The van der Waals surface area contributed by atoms with Gasteiger partial charge in [-0.1, -0.05) is 42.5 Å². The molecule has 6 rings (SSSR count). The zero-order valence-electron chi connectivity index (χ0n) is 30.1. The first-order valence-electron chi connectivity index (χ1n) is 17.2. The van der Waals surface area contributed by atoms with Crippen molar-refractivity contribution in [2.45, 2.75) is 69.2 Å². The molecular weight excluding hydrogens is 696 g/mol. The van der Waals surface area contributed by atoms with Crippen LogP contribution in [0.5, 0.6) is 0 Å². The molecule has 0 spiro atoms. The van der Waals surface area contributed by atoms with E-state index in [1.165, 1.54) is 18.5 Å². The predicted molar refractivity (Wildman–Crippen MR) is 193 cm³/mol. The van der Waals surface area contributed by atoms with Crippen molar-refractivity contribution in [1.82, 2.24) is 24.7 Å². The zero-order chi connectivity index (χ0) is 37.8. The van der Waals surface area contributed by atoms with Gasteiger partial charge in [0.2, 0.25) is 0 Å². The van der Waals surface area contributed by atoms with Gasteiger partial charge in [0.05, 0.1) is 40.1 Å². The number of aromatic nitrogens is 2. The number of hydrogen-bond acceptors (Lipinski definition) is 8. The Hall–Kier alpha value is -3.95. The maximum absolute atomic E-state index is 13.2. The van der Waals surface area contributed by atoms with E-state index >= 15 is 0 Å². The second kappa shape index (κ2) is 16.0. The Kier molecular flexibility index (Phi) is 12.1. The molecule has 2 aliphatic heterocycles. The Bertz CT molecular complexity index is 1950. The lowest BCUT2D eigenvalue weighted by Crippen LogP contribution is -2.62.